The Balaban J connectivity index is 1.23. The van der Waals surface area contributed by atoms with Gasteiger partial charge in [0.2, 0.25) is 0 Å². The van der Waals surface area contributed by atoms with Crippen LogP contribution in [-0.4, -0.2) is 19.8 Å². The van der Waals surface area contributed by atoms with Gasteiger partial charge in [-0.1, -0.05) is 286 Å². The molecule has 0 N–H and O–H groups in total. The Morgan fingerprint density at radius 2 is 0.350 bits per heavy atom. The molecule has 0 spiro atoms. The molecule has 0 aliphatic heterocycles. The summed E-state index contributed by atoms with van der Waals surface area (Å²) in [4.78, 5) is 0. The number of fused-ring (bicyclic) bond motifs is 9. The van der Waals surface area contributed by atoms with Gasteiger partial charge in [-0.25, -0.2) is 0 Å². The van der Waals surface area contributed by atoms with Crippen LogP contribution in [0.3, 0.4) is 0 Å². The largest absolute Gasteiger partial charge is 0.399 e. The van der Waals surface area contributed by atoms with Gasteiger partial charge >= 0.3 is 24.7 Å². The molecule has 0 bridgehead atoms. The van der Waals surface area contributed by atoms with Gasteiger partial charge in [-0.15, -0.1) is 0 Å². The lowest BCUT2D eigenvalue weighted by Crippen LogP contribution is -2.17. The summed E-state index contributed by atoms with van der Waals surface area (Å²) in [5, 5.41) is 6.23. The summed E-state index contributed by atoms with van der Waals surface area (Å²) in [5.74, 6) is 0.00142. The molecule has 12 heteroatoms. The van der Waals surface area contributed by atoms with E-state index in [9.17, 15) is 0 Å². The van der Waals surface area contributed by atoms with E-state index in [0.29, 0.717) is 39.1 Å². The van der Waals surface area contributed by atoms with Gasteiger partial charge in [0.1, 0.15) is 33.5 Å². The van der Waals surface area contributed by atoms with Crippen molar-refractivity contribution in [2.45, 2.75) is 333 Å². The Kier molecular flexibility index (Phi) is 22.4. The first-order valence-electron chi connectivity index (χ1n) is 38.1. The summed E-state index contributed by atoms with van der Waals surface area (Å²) in [7, 11) is -5.95. The number of hydrogen-bond donors (Lipinski definition) is 0. The highest BCUT2D eigenvalue weighted by Crippen LogP contribution is 2.50. The van der Waals surface area contributed by atoms with Crippen molar-refractivity contribution in [1.82, 2.24) is 0 Å². The smallest absolute Gasteiger partial charge is 0.387 e. The Morgan fingerprint density at radius 1 is 0.214 bits per heavy atom. The van der Waals surface area contributed by atoms with Crippen molar-refractivity contribution in [3.05, 3.63) is 140 Å². The van der Waals surface area contributed by atoms with E-state index < -0.39 is 24.7 Å². The first-order valence-corrected chi connectivity index (χ1v) is 41.4. The fourth-order valence-electron chi connectivity index (χ4n) is 13.5. The fraction of sp³-hybridized carbons (Fsp3) is 0.604. The predicted octanol–water partition coefficient (Wildman–Crippen LogP) is 29.5. The van der Waals surface area contributed by atoms with Crippen LogP contribution in [0.1, 0.15) is 335 Å². The van der Waals surface area contributed by atoms with E-state index in [0.717, 1.165) is 99.2 Å². The Morgan fingerprint density at radius 3 is 0.466 bits per heavy atom. The van der Waals surface area contributed by atoms with Crippen molar-refractivity contribution >= 4 is 90.5 Å². The second-order valence-electron chi connectivity index (χ2n) is 42.4. The third-order valence-corrected chi connectivity index (χ3v) is 23.8. The monoisotopic (exact) mass is 1460 g/mol. The molecule has 0 aliphatic carbocycles. The zero-order chi connectivity index (χ0) is 77.3. The molecule has 9 aromatic rings. The molecule has 0 fully saturated rings. The van der Waals surface area contributed by atoms with Crippen molar-refractivity contribution in [3.8, 4) is 0 Å². The molecule has 9 nitrogen and oxygen atoms in total. The van der Waals surface area contributed by atoms with Gasteiger partial charge < -0.3 is 25.2 Å². The summed E-state index contributed by atoms with van der Waals surface area (Å²) in [6, 6.07) is 28.2. The molecule has 6 aromatic carbocycles. The molecule has 9 rings (SSSR count). The standard InChI is InChI=1S/C91H133O9P3/c1-80(2,3)56-43-62-63-44-57(81(4,5)6)50-69(87(22,23)24)75(63)96-101(95-74(62)68(49-56)86(19,20)21)92-40-37-55(38-41-93-102-97-76-64(45-58(82(7,8)9)51-70(76)88(25,26)27)65-46-59(83(10,11)12)52-71(77(65)98-102)89(28,29)30)39-42-94-103-99-78-66(47-60(84(13,14)15)53-72(78)90(31,32)33)67-48-61(85(16,17)18)54-73(79(67)100-103)91(34,35)36/h43-55H,37-42H2,1-36H3. The van der Waals surface area contributed by atoms with E-state index >= 15 is 0 Å². The van der Waals surface area contributed by atoms with E-state index in [4.69, 9.17) is 38.8 Å². The molecular formula is C91H133O9P3. The van der Waals surface area contributed by atoms with Crippen LogP contribution in [0.15, 0.2) is 98.0 Å². The second-order valence-corrected chi connectivity index (χ2v) is 45.6. The van der Waals surface area contributed by atoms with Gasteiger partial charge in [0.15, 0.2) is 0 Å². The Labute approximate surface area is 624 Å². The van der Waals surface area contributed by atoms with Crippen LogP contribution in [-0.2, 0) is 65.0 Å². The quantitative estimate of drug-likeness (QED) is 0.118. The molecule has 3 aromatic heterocycles. The zero-order valence-corrected chi connectivity index (χ0v) is 73.4. The lowest BCUT2D eigenvalue weighted by molar-refractivity contribution is 0.246. The molecule has 0 saturated carbocycles. The fourth-order valence-corrected chi connectivity index (χ4v) is 16.7. The minimum absolute atomic E-state index is 0.00142. The molecular weight excluding hydrogens is 1330 g/mol. The third kappa shape index (κ3) is 18.5. The van der Waals surface area contributed by atoms with Crippen LogP contribution in [0, 0.1) is 5.92 Å². The topological polar surface area (TPSA) is 107 Å². The molecule has 0 saturated heterocycles. The first-order chi connectivity index (χ1) is 46.6. The minimum Gasteiger partial charge on any atom is -0.399 e. The normalized spacial score (nSPS) is 14.1. The number of benzene rings is 6. The average molecular weight is 1460 g/mol. The molecule has 0 amide bonds. The molecule has 0 unspecified atom stereocenters. The van der Waals surface area contributed by atoms with E-state index in [1.807, 2.05) is 0 Å². The Hall–Kier alpha value is -5.10. The summed E-state index contributed by atoms with van der Waals surface area (Å²) in [6.07, 6.45) is 1.92. The van der Waals surface area contributed by atoms with Crippen molar-refractivity contribution in [2.24, 2.45) is 5.92 Å². The highest BCUT2D eigenvalue weighted by molar-refractivity contribution is 7.32. The van der Waals surface area contributed by atoms with Gasteiger partial charge in [-0.05, 0) is 160 Å². The van der Waals surface area contributed by atoms with Crippen LogP contribution < -0.4 is 13.6 Å². The van der Waals surface area contributed by atoms with E-state index in [1.54, 1.807) is 0 Å². The Bertz CT molecular complexity index is 4010. The lowest BCUT2D eigenvalue weighted by Gasteiger charge is -2.27. The van der Waals surface area contributed by atoms with Gasteiger partial charge in [-0.2, -0.15) is 0 Å². The first kappa shape index (κ1) is 82.0. The maximum absolute atomic E-state index is 7.35. The van der Waals surface area contributed by atoms with Gasteiger partial charge in [-0.3, -0.25) is 13.6 Å². The average Bonchev–Trinajstić information content (AvgIpc) is 1.72. The summed E-state index contributed by atoms with van der Waals surface area (Å²) in [6.45, 7) is 83.3. The number of rotatable bonds is 12. The van der Waals surface area contributed by atoms with E-state index in [-0.39, 0.29) is 70.9 Å². The second kappa shape index (κ2) is 28.2. The lowest BCUT2D eigenvalue weighted by atomic mass is 9.77. The SMILES string of the molecule is CC(C)(C)c1cc(C(C)(C)C)c2op(OCCC(CCOp3oc4c(C(C)(C)C)cc(C(C)(C)C)cc4c4cc(C(C)(C)C)cc(C(C)(C)C)c4o3)CCOp3oc4c(C(C)(C)C)cc(C(C)(C)C)cc4c4cc(C(C)(C)C)cc(C(C)(C)C)c4o3)oc3c(C(C)(C)C)cc(C(C)(C)C)cc3c2c1. The summed E-state index contributed by atoms with van der Waals surface area (Å²) >= 11 is 0. The van der Waals surface area contributed by atoms with Crippen LogP contribution >= 0.6 is 24.7 Å². The summed E-state index contributed by atoms with van der Waals surface area (Å²) in [5.41, 5.74) is 16.7. The van der Waals surface area contributed by atoms with Gasteiger partial charge in [0, 0.05) is 65.7 Å². The molecule has 103 heavy (non-hydrogen) atoms. The number of hydrogen-bond acceptors (Lipinski definition) is 9. The van der Waals surface area contributed by atoms with Crippen molar-refractivity contribution in [2.75, 3.05) is 19.8 Å². The molecule has 566 valence electrons. The molecule has 0 aliphatic rings. The summed E-state index contributed by atoms with van der Waals surface area (Å²) < 4.78 is 65.6. The van der Waals surface area contributed by atoms with Gasteiger partial charge in [0.05, 0.1) is 19.8 Å². The maximum atomic E-state index is 7.35. The molecule has 0 atom stereocenters. The van der Waals surface area contributed by atoms with Crippen molar-refractivity contribution in [1.29, 1.82) is 0 Å². The van der Waals surface area contributed by atoms with Crippen LogP contribution in [0.2, 0.25) is 0 Å². The van der Waals surface area contributed by atoms with Gasteiger partial charge in [0.25, 0.3) is 0 Å². The van der Waals surface area contributed by atoms with Crippen LogP contribution in [0.4, 0.5) is 0 Å². The van der Waals surface area contributed by atoms with E-state index in [1.165, 1.54) is 33.4 Å². The van der Waals surface area contributed by atoms with Crippen LogP contribution in [0.5, 0.6) is 0 Å². The van der Waals surface area contributed by atoms with Crippen LogP contribution in [0.25, 0.3) is 65.8 Å². The minimum atomic E-state index is -1.98. The van der Waals surface area contributed by atoms with Crippen molar-refractivity contribution < 1.29 is 38.8 Å². The highest BCUT2D eigenvalue weighted by atomic mass is 31.1. The maximum Gasteiger partial charge on any atom is 0.387 e. The zero-order valence-electron chi connectivity index (χ0n) is 70.8. The van der Waals surface area contributed by atoms with Crippen molar-refractivity contribution in [3.63, 3.8) is 0 Å². The van der Waals surface area contributed by atoms with E-state index in [2.05, 4.69) is 322 Å². The highest BCUT2D eigenvalue weighted by Gasteiger charge is 2.35. The predicted molar refractivity (Wildman–Crippen MR) is 445 cm³/mol. The third-order valence-electron chi connectivity index (χ3n) is 20.6. The molecule has 3 heterocycles. The molecule has 0 radical (unpaired) electrons.